The Labute approximate surface area is 107 Å². The van der Waals surface area contributed by atoms with E-state index in [0.29, 0.717) is 23.7 Å². The van der Waals surface area contributed by atoms with Gasteiger partial charge in [-0.2, -0.15) is 5.26 Å². The normalized spacial score (nSPS) is 23.0. The van der Waals surface area contributed by atoms with Crippen LogP contribution in [0.4, 0.5) is 5.69 Å². The number of benzene rings is 1. The summed E-state index contributed by atoms with van der Waals surface area (Å²) < 4.78 is 5.17. The molecule has 2 rings (SSSR count). The Morgan fingerprint density at radius 1 is 1.44 bits per heavy atom. The highest BCUT2D eigenvalue weighted by molar-refractivity contribution is 5.96. The Kier molecular flexibility index (Phi) is 3.24. The van der Waals surface area contributed by atoms with E-state index in [1.165, 1.54) is 7.11 Å². The van der Waals surface area contributed by atoms with Crippen LogP contribution in [-0.2, 0) is 4.79 Å². The summed E-state index contributed by atoms with van der Waals surface area (Å²) in [6, 6.07) is 7.49. The zero-order chi connectivity index (χ0) is 13.3. The second-order valence-electron chi connectivity index (χ2n) is 4.68. The summed E-state index contributed by atoms with van der Waals surface area (Å²) in [4.78, 5) is 13.8. The smallest absolute Gasteiger partial charge is 0.227 e. The number of ether oxygens (including phenoxy) is 1. The lowest BCUT2D eigenvalue weighted by Gasteiger charge is -2.24. The second-order valence-corrected chi connectivity index (χ2v) is 4.68. The molecule has 1 amide bonds. The highest BCUT2D eigenvalue weighted by Crippen LogP contribution is 2.33. The van der Waals surface area contributed by atoms with Crippen molar-refractivity contribution in [3.8, 4) is 11.8 Å². The fourth-order valence-corrected chi connectivity index (χ4v) is 2.33. The maximum atomic E-state index is 12.0. The van der Waals surface area contributed by atoms with Crippen LogP contribution >= 0.6 is 0 Å². The second kappa shape index (κ2) is 4.69. The van der Waals surface area contributed by atoms with Gasteiger partial charge in [-0.15, -0.1) is 0 Å². The van der Waals surface area contributed by atoms with E-state index in [9.17, 15) is 4.79 Å². The van der Waals surface area contributed by atoms with E-state index >= 15 is 0 Å². The van der Waals surface area contributed by atoms with Gasteiger partial charge in [0.25, 0.3) is 0 Å². The lowest BCUT2D eigenvalue weighted by molar-refractivity contribution is -0.117. The van der Waals surface area contributed by atoms with Crippen LogP contribution in [0, 0.1) is 17.2 Å². The number of nitriles is 1. The Morgan fingerprint density at radius 3 is 2.67 bits per heavy atom. The average Bonchev–Trinajstić information content (AvgIpc) is 2.62. The van der Waals surface area contributed by atoms with Crippen molar-refractivity contribution in [2.45, 2.75) is 26.3 Å². The van der Waals surface area contributed by atoms with Crippen molar-refractivity contribution in [2.24, 2.45) is 5.92 Å². The molecular formula is C14H16N2O2. The van der Waals surface area contributed by atoms with Gasteiger partial charge in [0.15, 0.2) is 0 Å². The molecule has 0 N–H and O–H groups in total. The molecule has 1 aromatic rings. The van der Waals surface area contributed by atoms with Crippen molar-refractivity contribution in [1.82, 2.24) is 0 Å². The number of rotatable bonds is 2. The SMILES string of the molecule is COc1cc(N2C(=O)CC(C)[C@@H]2C)ccc1C#N. The monoisotopic (exact) mass is 244 g/mol. The number of anilines is 1. The standard InChI is InChI=1S/C14H16N2O2/c1-9-6-14(17)16(10(9)2)12-5-4-11(8-15)13(7-12)18-3/h4-5,7,9-10H,6H2,1-3H3/t9?,10-/m0/s1. The van der Waals surface area contributed by atoms with Gasteiger partial charge in [0.2, 0.25) is 5.91 Å². The van der Waals surface area contributed by atoms with Crippen molar-refractivity contribution in [3.05, 3.63) is 23.8 Å². The third-order valence-corrected chi connectivity index (χ3v) is 3.58. The van der Waals surface area contributed by atoms with Gasteiger partial charge in [-0.1, -0.05) is 6.92 Å². The number of carbonyl (C=O) groups excluding carboxylic acids is 1. The molecule has 0 saturated carbocycles. The van der Waals surface area contributed by atoms with Crippen molar-refractivity contribution >= 4 is 11.6 Å². The molecule has 1 saturated heterocycles. The first-order valence-electron chi connectivity index (χ1n) is 5.98. The van der Waals surface area contributed by atoms with E-state index in [0.717, 1.165) is 5.69 Å². The van der Waals surface area contributed by atoms with Crippen LogP contribution in [0.2, 0.25) is 0 Å². The van der Waals surface area contributed by atoms with Gasteiger partial charge in [-0.05, 0) is 25.0 Å². The number of hydrogen-bond donors (Lipinski definition) is 0. The molecule has 1 aliphatic rings. The van der Waals surface area contributed by atoms with Gasteiger partial charge in [0.1, 0.15) is 11.8 Å². The summed E-state index contributed by atoms with van der Waals surface area (Å²) in [7, 11) is 1.53. The molecule has 0 bridgehead atoms. The zero-order valence-electron chi connectivity index (χ0n) is 10.8. The minimum absolute atomic E-state index is 0.127. The highest BCUT2D eigenvalue weighted by Gasteiger charge is 2.35. The summed E-state index contributed by atoms with van der Waals surface area (Å²) >= 11 is 0. The van der Waals surface area contributed by atoms with E-state index in [-0.39, 0.29) is 11.9 Å². The third kappa shape index (κ3) is 1.92. The molecule has 1 aliphatic heterocycles. The lowest BCUT2D eigenvalue weighted by atomic mass is 10.0. The molecule has 1 heterocycles. The average molecular weight is 244 g/mol. The van der Waals surface area contributed by atoms with Crippen LogP contribution in [0.25, 0.3) is 0 Å². The Bertz CT molecular complexity index is 519. The topological polar surface area (TPSA) is 53.3 Å². The van der Waals surface area contributed by atoms with E-state index in [2.05, 4.69) is 13.0 Å². The first-order valence-corrected chi connectivity index (χ1v) is 5.98. The number of carbonyl (C=O) groups is 1. The molecule has 2 atom stereocenters. The molecule has 0 spiro atoms. The van der Waals surface area contributed by atoms with Crippen molar-refractivity contribution in [3.63, 3.8) is 0 Å². The molecule has 4 nitrogen and oxygen atoms in total. The van der Waals surface area contributed by atoms with Crippen molar-refractivity contribution in [1.29, 1.82) is 5.26 Å². The molecule has 1 unspecified atom stereocenters. The zero-order valence-corrected chi connectivity index (χ0v) is 10.8. The predicted octanol–water partition coefficient (Wildman–Crippen LogP) is 2.33. The summed E-state index contributed by atoms with van der Waals surface area (Å²) in [5.74, 6) is 0.982. The fraction of sp³-hybridized carbons (Fsp3) is 0.429. The Morgan fingerprint density at radius 2 is 2.17 bits per heavy atom. The molecule has 0 aliphatic carbocycles. The fourth-order valence-electron chi connectivity index (χ4n) is 2.33. The van der Waals surface area contributed by atoms with Crippen molar-refractivity contribution in [2.75, 3.05) is 12.0 Å². The molecule has 0 aromatic heterocycles. The summed E-state index contributed by atoms with van der Waals surface area (Å²) in [6.07, 6.45) is 0.573. The number of amides is 1. The first kappa shape index (κ1) is 12.4. The van der Waals surface area contributed by atoms with Gasteiger partial charge in [-0.3, -0.25) is 4.79 Å². The molecule has 4 heteroatoms. The summed E-state index contributed by atoms with van der Waals surface area (Å²) in [5.41, 5.74) is 1.28. The number of methoxy groups -OCH3 is 1. The quantitative estimate of drug-likeness (QED) is 0.802. The number of nitrogens with zero attached hydrogens (tertiary/aromatic N) is 2. The first-order chi connectivity index (χ1) is 8.58. The van der Waals surface area contributed by atoms with Gasteiger partial charge < -0.3 is 9.64 Å². The molecule has 94 valence electrons. The van der Waals surface area contributed by atoms with Crippen LogP contribution < -0.4 is 9.64 Å². The molecule has 1 aromatic carbocycles. The molecule has 0 radical (unpaired) electrons. The minimum Gasteiger partial charge on any atom is -0.495 e. The van der Waals surface area contributed by atoms with Gasteiger partial charge >= 0.3 is 0 Å². The van der Waals surface area contributed by atoms with E-state index in [1.807, 2.05) is 6.92 Å². The summed E-state index contributed by atoms with van der Waals surface area (Å²) in [6.45, 7) is 4.11. The van der Waals surface area contributed by atoms with Gasteiger partial charge in [-0.25, -0.2) is 0 Å². The maximum Gasteiger partial charge on any atom is 0.227 e. The third-order valence-electron chi connectivity index (χ3n) is 3.58. The molecular weight excluding hydrogens is 228 g/mol. The van der Waals surface area contributed by atoms with E-state index in [4.69, 9.17) is 10.00 Å². The lowest BCUT2D eigenvalue weighted by Crippen LogP contribution is -2.32. The van der Waals surface area contributed by atoms with E-state index < -0.39 is 0 Å². The van der Waals surface area contributed by atoms with Gasteiger partial charge in [0, 0.05) is 24.2 Å². The maximum absolute atomic E-state index is 12.0. The highest BCUT2D eigenvalue weighted by atomic mass is 16.5. The van der Waals surface area contributed by atoms with Crippen LogP contribution in [-0.4, -0.2) is 19.1 Å². The van der Waals surface area contributed by atoms with Crippen LogP contribution in [0.15, 0.2) is 18.2 Å². The largest absolute Gasteiger partial charge is 0.495 e. The number of hydrogen-bond acceptors (Lipinski definition) is 3. The van der Waals surface area contributed by atoms with Crippen LogP contribution in [0.3, 0.4) is 0 Å². The van der Waals surface area contributed by atoms with Crippen molar-refractivity contribution < 1.29 is 9.53 Å². The minimum atomic E-state index is 0.127. The van der Waals surface area contributed by atoms with Crippen LogP contribution in [0.5, 0.6) is 5.75 Å². The summed E-state index contributed by atoms with van der Waals surface area (Å²) in [5, 5.41) is 8.94. The molecule has 1 fully saturated rings. The van der Waals surface area contributed by atoms with Crippen LogP contribution in [0.1, 0.15) is 25.8 Å². The Hall–Kier alpha value is -2.02. The molecule has 18 heavy (non-hydrogen) atoms. The predicted molar refractivity (Wildman–Crippen MR) is 68.4 cm³/mol. The Balaban J connectivity index is 2.41. The van der Waals surface area contributed by atoms with Gasteiger partial charge in [0.05, 0.1) is 12.7 Å². The van der Waals surface area contributed by atoms with E-state index in [1.54, 1.807) is 23.1 Å².